The lowest BCUT2D eigenvalue weighted by molar-refractivity contribution is 0.353. The van der Waals surface area contributed by atoms with E-state index in [9.17, 15) is 8.78 Å². The van der Waals surface area contributed by atoms with Crippen LogP contribution in [0.4, 0.5) is 14.5 Å². The normalized spacial score (nSPS) is 18.8. The molecule has 4 atom stereocenters. The number of halogens is 2. The van der Waals surface area contributed by atoms with E-state index in [1.165, 1.54) is 67.5 Å². The molecule has 1 saturated carbocycles. The van der Waals surface area contributed by atoms with Crippen LogP contribution in [0.1, 0.15) is 91.0 Å². The van der Waals surface area contributed by atoms with Gasteiger partial charge in [0.15, 0.2) is 0 Å². The SMILES string of the molecule is C1CC1.C=CC(C(C)/C=C(/C)CC)C1CC(=C)N1c1ccc(F)cc1.CCCC(C)c1ccc(F)cc1. The number of rotatable bonds is 9. The summed E-state index contributed by atoms with van der Waals surface area (Å²) in [4.78, 5) is 2.22. The lowest BCUT2D eigenvalue weighted by atomic mass is 9.78. The Bertz CT molecular complexity index is 985. The fourth-order valence-electron chi connectivity index (χ4n) is 4.63. The summed E-state index contributed by atoms with van der Waals surface area (Å²) in [5, 5.41) is 0. The molecule has 37 heavy (non-hydrogen) atoms. The van der Waals surface area contributed by atoms with Crippen molar-refractivity contribution in [1.82, 2.24) is 0 Å². The standard InChI is InChI=1S/C20H26FN.C11H15F.C3H6/c1-6-14(3)12-15(4)19(7-2)20-13-16(5)22(20)18-10-8-17(21)9-11-18;1-3-4-9(2)10-5-7-11(12)8-6-10;1-2-3-1/h7-12,15,19-20H,2,5-6,13H2,1,3-4H3;5-9H,3-4H2,1-2H3;1-3H2/b14-12-;;. The number of allylic oxidation sites excluding steroid dienone is 2. The topological polar surface area (TPSA) is 3.24 Å². The van der Waals surface area contributed by atoms with Crippen LogP contribution in [0.5, 0.6) is 0 Å². The molecule has 2 aromatic rings. The van der Waals surface area contributed by atoms with Gasteiger partial charge >= 0.3 is 0 Å². The zero-order chi connectivity index (χ0) is 27.4. The van der Waals surface area contributed by atoms with Gasteiger partial charge in [-0.25, -0.2) is 8.78 Å². The molecule has 202 valence electrons. The van der Waals surface area contributed by atoms with E-state index in [0.717, 1.165) is 24.2 Å². The predicted molar refractivity (Wildman–Crippen MR) is 157 cm³/mol. The van der Waals surface area contributed by atoms with Gasteiger partial charge in [0, 0.05) is 29.8 Å². The number of benzene rings is 2. The van der Waals surface area contributed by atoms with Gasteiger partial charge < -0.3 is 4.90 Å². The maximum Gasteiger partial charge on any atom is 0.123 e. The molecular weight excluding hydrogens is 460 g/mol. The van der Waals surface area contributed by atoms with E-state index in [1.807, 2.05) is 24.3 Å². The molecule has 1 nitrogen and oxygen atoms in total. The summed E-state index contributed by atoms with van der Waals surface area (Å²) < 4.78 is 25.7. The highest BCUT2D eigenvalue weighted by atomic mass is 19.1. The average molecular weight is 508 g/mol. The number of nitrogens with zero attached hydrogens (tertiary/aromatic N) is 1. The first-order valence-corrected chi connectivity index (χ1v) is 14.0. The molecule has 1 saturated heterocycles. The van der Waals surface area contributed by atoms with E-state index in [2.05, 4.69) is 64.8 Å². The third-order valence-electron chi connectivity index (χ3n) is 7.16. The molecule has 0 N–H and O–H groups in total. The van der Waals surface area contributed by atoms with Gasteiger partial charge in [-0.15, -0.1) is 6.58 Å². The van der Waals surface area contributed by atoms with Crippen LogP contribution in [0.2, 0.25) is 0 Å². The molecule has 0 spiro atoms. The smallest absolute Gasteiger partial charge is 0.123 e. The van der Waals surface area contributed by atoms with Gasteiger partial charge in [-0.3, -0.25) is 0 Å². The largest absolute Gasteiger partial charge is 0.342 e. The molecule has 0 bridgehead atoms. The molecule has 3 heteroatoms. The Labute approximate surface area is 225 Å². The summed E-state index contributed by atoms with van der Waals surface area (Å²) in [5.41, 5.74) is 4.74. The van der Waals surface area contributed by atoms with Crippen LogP contribution in [0.3, 0.4) is 0 Å². The molecule has 1 heterocycles. The van der Waals surface area contributed by atoms with Crippen LogP contribution >= 0.6 is 0 Å². The van der Waals surface area contributed by atoms with Gasteiger partial charge in [0.25, 0.3) is 0 Å². The fraction of sp³-hybridized carbons (Fsp3) is 0.471. The van der Waals surface area contributed by atoms with E-state index in [4.69, 9.17) is 0 Å². The van der Waals surface area contributed by atoms with Crippen LogP contribution in [-0.2, 0) is 0 Å². The minimum atomic E-state index is -0.207. The highest BCUT2D eigenvalue weighted by molar-refractivity contribution is 5.58. The highest BCUT2D eigenvalue weighted by Gasteiger charge is 2.38. The molecular formula is C34H47F2N. The van der Waals surface area contributed by atoms with E-state index in [1.54, 1.807) is 0 Å². The van der Waals surface area contributed by atoms with Gasteiger partial charge in [-0.05, 0) is 73.6 Å². The Hall–Kier alpha value is -2.68. The Morgan fingerprint density at radius 1 is 0.973 bits per heavy atom. The lowest BCUT2D eigenvalue weighted by Gasteiger charge is -2.49. The summed E-state index contributed by atoms with van der Waals surface area (Å²) in [6, 6.07) is 13.8. The summed E-state index contributed by atoms with van der Waals surface area (Å²) in [7, 11) is 0. The lowest BCUT2D eigenvalue weighted by Crippen LogP contribution is -2.50. The summed E-state index contributed by atoms with van der Waals surface area (Å²) in [6.07, 6.45) is 13.3. The Balaban J connectivity index is 0.000000266. The van der Waals surface area contributed by atoms with Gasteiger partial charge in [-0.1, -0.05) is 89.8 Å². The Morgan fingerprint density at radius 3 is 1.95 bits per heavy atom. The molecule has 1 aliphatic carbocycles. The monoisotopic (exact) mass is 507 g/mol. The van der Waals surface area contributed by atoms with Crippen molar-refractivity contribution in [1.29, 1.82) is 0 Å². The zero-order valence-electron chi connectivity index (χ0n) is 23.7. The van der Waals surface area contributed by atoms with Crippen LogP contribution in [0.25, 0.3) is 0 Å². The molecule has 2 aromatic carbocycles. The molecule has 2 aliphatic rings. The third-order valence-corrected chi connectivity index (χ3v) is 7.16. The van der Waals surface area contributed by atoms with Gasteiger partial charge in [0.05, 0.1) is 0 Å². The van der Waals surface area contributed by atoms with Crippen molar-refractivity contribution in [2.24, 2.45) is 11.8 Å². The first kappa shape index (κ1) is 30.5. The second kappa shape index (κ2) is 15.5. The molecule has 0 radical (unpaired) electrons. The van der Waals surface area contributed by atoms with Crippen LogP contribution in [-0.4, -0.2) is 6.04 Å². The number of hydrogen-bond donors (Lipinski definition) is 0. The maximum absolute atomic E-state index is 13.1. The van der Waals surface area contributed by atoms with Crippen LogP contribution in [0, 0.1) is 23.5 Å². The van der Waals surface area contributed by atoms with Crippen molar-refractivity contribution in [3.63, 3.8) is 0 Å². The molecule has 4 unspecified atom stereocenters. The molecule has 4 rings (SSSR count). The van der Waals surface area contributed by atoms with Crippen molar-refractivity contribution in [3.05, 3.63) is 102 Å². The van der Waals surface area contributed by atoms with Crippen molar-refractivity contribution < 1.29 is 8.78 Å². The summed E-state index contributed by atoms with van der Waals surface area (Å²) >= 11 is 0. The quantitative estimate of drug-likeness (QED) is 0.305. The van der Waals surface area contributed by atoms with Crippen molar-refractivity contribution >= 4 is 5.69 Å². The van der Waals surface area contributed by atoms with E-state index in [0.29, 0.717) is 23.8 Å². The Kier molecular flexibility index (Phi) is 12.8. The van der Waals surface area contributed by atoms with E-state index < -0.39 is 0 Å². The number of hydrogen-bond acceptors (Lipinski definition) is 1. The molecule has 1 aliphatic heterocycles. The van der Waals surface area contributed by atoms with E-state index in [-0.39, 0.29) is 11.6 Å². The van der Waals surface area contributed by atoms with E-state index >= 15 is 0 Å². The van der Waals surface area contributed by atoms with Crippen molar-refractivity contribution in [2.75, 3.05) is 4.90 Å². The zero-order valence-corrected chi connectivity index (χ0v) is 23.7. The average Bonchev–Trinajstić information content (AvgIpc) is 3.76. The fourth-order valence-corrected chi connectivity index (χ4v) is 4.63. The molecule has 0 aromatic heterocycles. The summed E-state index contributed by atoms with van der Waals surface area (Å²) in [5.74, 6) is 0.982. The highest BCUT2D eigenvalue weighted by Crippen LogP contribution is 2.41. The third kappa shape index (κ3) is 9.95. The number of anilines is 1. The van der Waals surface area contributed by atoms with Gasteiger partial charge in [0.2, 0.25) is 0 Å². The minimum Gasteiger partial charge on any atom is -0.342 e. The van der Waals surface area contributed by atoms with Crippen molar-refractivity contribution in [3.8, 4) is 0 Å². The van der Waals surface area contributed by atoms with Gasteiger partial charge in [-0.2, -0.15) is 0 Å². The first-order chi connectivity index (χ1) is 17.7. The van der Waals surface area contributed by atoms with Crippen molar-refractivity contribution in [2.45, 2.75) is 91.5 Å². The van der Waals surface area contributed by atoms with Crippen LogP contribution in [0.15, 0.2) is 85.1 Å². The first-order valence-electron chi connectivity index (χ1n) is 14.0. The van der Waals surface area contributed by atoms with Gasteiger partial charge in [0.1, 0.15) is 11.6 Å². The Morgan fingerprint density at radius 2 is 1.51 bits per heavy atom. The maximum atomic E-state index is 13.1. The molecule has 0 amide bonds. The molecule has 2 fully saturated rings. The minimum absolute atomic E-state index is 0.151. The second-order valence-corrected chi connectivity index (χ2v) is 10.5. The van der Waals surface area contributed by atoms with Crippen LogP contribution < -0.4 is 4.90 Å². The second-order valence-electron chi connectivity index (χ2n) is 10.5. The predicted octanol–water partition coefficient (Wildman–Crippen LogP) is 10.6. The summed E-state index contributed by atoms with van der Waals surface area (Å²) in [6.45, 7) is 19.1.